The van der Waals surface area contributed by atoms with Gasteiger partial charge in [-0.05, 0) is 36.1 Å². The van der Waals surface area contributed by atoms with Gasteiger partial charge in [-0.2, -0.15) is 0 Å². The van der Waals surface area contributed by atoms with Gasteiger partial charge >= 0.3 is 0 Å². The van der Waals surface area contributed by atoms with Crippen LogP contribution in [-0.2, 0) is 11.2 Å². The molecule has 1 amide bonds. The number of carbonyl (C=O) groups excluding carboxylic acids is 1. The van der Waals surface area contributed by atoms with E-state index in [0.717, 1.165) is 21.9 Å². The Balaban J connectivity index is 1.64. The van der Waals surface area contributed by atoms with Crippen LogP contribution in [0.25, 0.3) is 0 Å². The average molecular weight is 289 g/mol. The Kier molecular flexibility index (Phi) is 3.60. The van der Waals surface area contributed by atoms with Crippen molar-refractivity contribution in [1.82, 2.24) is 5.32 Å². The van der Waals surface area contributed by atoms with Crippen LogP contribution in [0.15, 0.2) is 35.7 Å². The van der Waals surface area contributed by atoms with E-state index in [1.54, 1.807) is 11.3 Å². The molecule has 1 aliphatic heterocycles. The van der Waals surface area contributed by atoms with Crippen LogP contribution >= 0.6 is 11.3 Å². The minimum absolute atomic E-state index is 0.0256. The molecule has 1 N–H and O–H groups in total. The molecular formula is C15H15NO3S. The summed E-state index contributed by atoms with van der Waals surface area (Å²) in [5, 5.41) is 4.97. The highest BCUT2D eigenvalue weighted by atomic mass is 32.1. The van der Waals surface area contributed by atoms with Gasteiger partial charge in [-0.1, -0.05) is 12.1 Å². The van der Waals surface area contributed by atoms with E-state index in [9.17, 15) is 4.79 Å². The first kappa shape index (κ1) is 13.0. The largest absolute Gasteiger partial charge is 0.454 e. The third kappa shape index (κ3) is 2.77. The molecule has 1 atom stereocenters. The van der Waals surface area contributed by atoms with Gasteiger partial charge in [0.1, 0.15) is 0 Å². The number of carbonyl (C=O) groups is 1. The zero-order valence-electron chi connectivity index (χ0n) is 11.1. The Hall–Kier alpha value is -2.01. The highest BCUT2D eigenvalue weighted by Gasteiger charge is 2.17. The van der Waals surface area contributed by atoms with Crippen LogP contribution < -0.4 is 14.8 Å². The molecule has 0 unspecified atom stereocenters. The van der Waals surface area contributed by atoms with Crippen LogP contribution in [0.1, 0.15) is 23.4 Å². The van der Waals surface area contributed by atoms with Gasteiger partial charge in [0.2, 0.25) is 12.7 Å². The molecule has 2 aromatic rings. The summed E-state index contributed by atoms with van der Waals surface area (Å²) < 4.78 is 10.6. The quantitative estimate of drug-likeness (QED) is 0.941. The second kappa shape index (κ2) is 5.54. The first-order valence-corrected chi connectivity index (χ1v) is 7.31. The van der Waals surface area contributed by atoms with Crippen molar-refractivity contribution in [3.05, 3.63) is 46.2 Å². The second-order valence-electron chi connectivity index (χ2n) is 4.66. The Labute approximate surface area is 121 Å². The van der Waals surface area contributed by atoms with Crippen molar-refractivity contribution in [3.8, 4) is 11.5 Å². The van der Waals surface area contributed by atoms with Crippen LogP contribution in [0.4, 0.5) is 0 Å². The topological polar surface area (TPSA) is 47.6 Å². The number of nitrogens with one attached hydrogen (secondary N) is 1. The van der Waals surface area contributed by atoms with Gasteiger partial charge < -0.3 is 14.8 Å². The van der Waals surface area contributed by atoms with Crippen LogP contribution in [0.2, 0.25) is 0 Å². The smallest absolute Gasteiger partial charge is 0.231 e. The Morgan fingerprint density at radius 2 is 2.20 bits per heavy atom. The lowest BCUT2D eigenvalue weighted by atomic mass is 10.1. The Morgan fingerprint density at radius 1 is 1.35 bits per heavy atom. The van der Waals surface area contributed by atoms with Crippen LogP contribution in [0.3, 0.4) is 0 Å². The van der Waals surface area contributed by atoms with Crippen molar-refractivity contribution in [2.24, 2.45) is 0 Å². The predicted octanol–water partition coefficient (Wildman–Crippen LogP) is 2.90. The molecule has 0 spiro atoms. The van der Waals surface area contributed by atoms with Gasteiger partial charge in [-0.25, -0.2) is 0 Å². The summed E-state index contributed by atoms with van der Waals surface area (Å²) in [4.78, 5) is 13.0. The Morgan fingerprint density at radius 3 is 3.00 bits per heavy atom. The lowest BCUT2D eigenvalue weighted by Crippen LogP contribution is -2.27. The fraction of sp³-hybridized carbons (Fsp3) is 0.267. The highest BCUT2D eigenvalue weighted by Crippen LogP contribution is 2.34. The van der Waals surface area contributed by atoms with Crippen molar-refractivity contribution in [2.45, 2.75) is 19.4 Å². The molecule has 0 aliphatic carbocycles. The molecule has 1 aromatic carbocycles. The van der Waals surface area contributed by atoms with E-state index in [1.165, 1.54) is 0 Å². The summed E-state index contributed by atoms with van der Waals surface area (Å²) in [5.41, 5.74) is 1.01. The van der Waals surface area contributed by atoms with Gasteiger partial charge in [0.05, 0.1) is 12.5 Å². The molecule has 5 heteroatoms. The van der Waals surface area contributed by atoms with E-state index < -0.39 is 0 Å². The zero-order chi connectivity index (χ0) is 13.9. The third-order valence-electron chi connectivity index (χ3n) is 3.19. The fourth-order valence-electron chi connectivity index (χ4n) is 2.13. The molecule has 0 radical (unpaired) electrons. The molecule has 4 nitrogen and oxygen atoms in total. The third-order valence-corrected chi connectivity index (χ3v) is 4.07. The summed E-state index contributed by atoms with van der Waals surface area (Å²) in [6.45, 7) is 2.22. The normalized spacial score (nSPS) is 14.1. The second-order valence-corrected chi connectivity index (χ2v) is 5.69. The lowest BCUT2D eigenvalue weighted by Gasteiger charge is -2.14. The molecule has 1 aromatic heterocycles. The monoisotopic (exact) mass is 289 g/mol. The molecule has 0 saturated heterocycles. The SMILES string of the molecule is C[C@@H](NC(=O)Cc1cccs1)c1ccc2c(c1)OCO2. The van der Waals surface area contributed by atoms with E-state index >= 15 is 0 Å². The van der Waals surface area contributed by atoms with Crippen molar-refractivity contribution in [3.63, 3.8) is 0 Å². The van der Waals surface area contributed by atoms with Gasteiger partial charge in [-0.15, -0.1) is 11.3 Å². The summed E-state index contributed by atoms with van der Waals surface area (Å²) in [7, 11) is 0. The summed E-state index contributed by atoms with van der Waals surface area (Å²) in [6.07, 6.45) is 0.423. The maximum absolute atomic E-state index is 12.0. The number of hydrogen-bond acceptors (Lipinski definition) is 4. The van der Waals surface area contributed by atoms with Crippen molar-refractivity contribution < 1.29 is 14.3 Å². The van der Waals surface area contributed by atoms with E-state index in [0.29, 0.717) is 6.42 Å². The van der Waals surface area contributed by atoms with Crippen LogP contribution in [0, 0.1) is 0 Å². The number of amides is 1. The molecule has 3 rings (SSSR count). The van der Waals surface area contributed by atoms with Crippen LogP contribution in [0.5, 0.6) is 11.5 Å². The average Bonchev–Trinajstić information content (AvgIpc) is 3.07. The molecule has 20 heavy (non-hydrogen) atoms. The molecule has 104 valence electrons. The van der Waals surface area contributed by atoms with Gasteiger partial charge in [-0.3, -0.25) is 4.79 Å². The highest BCUT2D eigenvalue weighted by molar-refractivity contribution is 7.10. The maximum Gasteiger partial charge on any atom is 0.231 e. The standard InChI is InChI=1S/C15H15NO3S/c1-10(16-15(17)8-12-3-2-6-20-12)11-4-5-13-14(7-11)19-9-18-13/h2-7,10H,8-9H2,1H3,(H,16,17)/t10-/m1/s1. The van der Waals surface area contributed by atoms with E-state index in [1.807, 2.05) is 42.6 Å². The predicted molar refractivity (Wildman–Crippen MR) is 77.1 cm³/mol. The lowest BCUT2D eigenvalue weighted by molar-refractivity contribution is -0.121. The Bertz CT molecular complexity index is 610. The van der Waals surface area contributed by atoms with E-state index in [4.69, 9.17) is 9.47 Å². The number of benzene rings is 1. The van der Waals surface area contributed by atoms with Crippen LogP contribution in [-0.4, -0.2) is 12.7 Å². The summed E-state index contributed by atoms with van der Waals surface area (Å²) in [6, 6.07) is 9.60. The minimum Gasteiger partial charge on any atom is -0.454 e. The molecule has 2 heterocycles. The number of rotatable bonds is 4. The van der Waals surface area contributed by atoms with E-state index in [2.05, 4.69) is 5.32 Å². The first-order chi connectivity index (χ1) is 9.72. The number of ether oxygens (including phenoxy) is 2. The maximum atomic E-state index is 12.0. The molecule has 0 bridgehead atoms. The fourth-order valence-corrected chi connectivity index (χ4v) is 2.83. The first-order valence-electron chi connectivity index (χ1n) is 6.43. The van der Waals surface area contributed by atoms with Gasteiger partial charge in [0.25, 0.3) is 0 Å². The molecule has 0 fully saturated rings. The van der Waals surface area contributed by atoms with Crippen molar-refractivity contribution in [1.29, 1.82) is 0 Å². The van der Waals surface area contributed by atoms with E-state index in [-0.39, 0.29) is 18.7 Å². The minimum atomic E-state index is -0.0584. The van der Waals surface area contributed by atoms with Gasteiger partial charge in [0.15, 0.2) is 11.5 Å². The van der Waals surface area contributed by atoms with Gasteiger partial charge in [0, 0.05) is 4.88 Å². The number of thiophene rings is 1. The summed E-state index contributed by atoms with van der Waals surface area (Å²) >= 11 is 1.59. The number of hydrogen-bond donors (Lipinski definition) is 1. The summed E-state index contributed by atoms with van der Waals surface area (Å²) in [5.74, 6) is 1.52. The van der Waals surface area contributed by atoms with Crippen molar-refractivity contribution in [2.75, 3.05) is 6.79 Å². The molecule has 0 saturated carbocycles. The zero-order valence-corrected chi connectivity index (χ0v) is 11.9. The molecular weight excluding hydrogens is 274 g/mol. The van der Waals surface area contributed by atoms with Crippen molar-refractivity contribution >= 4 is 17.2 Å². The molecule has 1 aliphatic rings. The number of fused-ring (bicyclic) bond motifs is 1.